The van der Waals surface area contributed by atoms with E-state index >= 15 is 0 Å². The molecule has 0 amide bonds. The first-order chi connectivity index (χ1) is 0. The molecule has 0 aromatic heterocycles. The van der Waals surface area contributed by atoms with Gasteiger partial charge < -0.3 is 24.8 Å². The van der Waals surface area contributed by atoms with Crippen molar-refractivity contribution in [1.29, 1.82) is 0 Å². The van der Waals surface area contributed by atoms with Gasteiger partial charge in [-0.15, -0.1) is 0 Å². The smallest absolute Gasteiger partial charge is 1.00 e. The van der Waals surface area contributed by atoms with Crippen LogP contribution in [0.1, 0.15) is 0 Å². The summed E-state index contributed by atoms with van der Waals surface area (Å²) < 4.78 is 0. The molecule has 0 atom stereocenters. The van der Waals surface area contributed by atoms with Crippen LogP contribution in [0.25, 0.3) is 0 Å². The van der Waals surface area contributed by atoms with Gasteiger partial charge >= 0.3 is 78.7 Å². The normalized spacial score (nSPS) is 0. The van der Waals surface area contributed by atoms with E-state index in [9.17, 15) is 0 Å². The van der Waals surface area contributed by atoms with Crippen LogP contribution in [0.15, 0.2) is 0 Å². The molecule has 0 saturated heterocycles. The largest absolute Gasteiger partial charge is 2.00 e. The van der Waals surface area contributed by atoms with Gasteiger partial charge in [-0.1, -0.05) is 0 Å². The van der Waals surface area contributed by atoms with E-state index in [2.05, 4.69) is 0 Å². The SMILES string of the molecule is [Cd+2].[Cl-].[Cl-].[K+]. The molecule has 0 rings (SSSR count). The van der Waals surface area contributed by atoms with Crippen molar-refractivity contribution in [1.82, 2.24) is 0 Å². The van der Waals surface area contributed by atoms with Crippen LogP contribution in [0, 0.1) is 0 Å². The maximum absolute atomic E-state index is 0. The molecule has 4 heavy (non-hydrogen) atoms. The fraction of sp³-hybridized carbons (Fsp3) is 0. The van der Waals surface area contributed by atoms with Crippen molar-refractivity contribution in [2.45, 2.75) is 0 Å². The molecule has 0 aliphatic heterocycles. The van der Waals surface area contributed by atoms with Crippen molar-refractivity contribution >= 4 is 0 Å². The van der Waals surface area contributed by atoms with Gasteiger partial charge in [-0.25, -0.2) is 0 Å². The van der Waals surface area contributed by atoms with E-state index in [1.165, 1.54) is 0 Å². The Morgan fingerprint density at radius 1 is 0.750 bits per heavy atom. The van der Waals surface area contributed by atoms with Gasteiger partial charge in [-0.2, -0.15) is 0 Å². The van der Waals surface area contributed by atoms with Crippen LogP contribution in [-0.2, 0) is 27.3 Å². The summed E-state index contributed by atoms with van der Waals surface area (Å²) in [6.07, 6.45) is 0. The molecule has 0 bridgehead atoms. The van der Waals surface area contributed by atoms with Crippen molar-refractivity contribution in [2.24, 2.45) is 0 Å². The minimum atomic E-state index is 0. The standard InChI is InChI=1S/Cd.2ClH.K/h;2*1H;/q+2;;;+1/p-2. The molecule has 0 aromatic rings. The summed E-state index contributed by atoms with van der Waals surface area (Å²) in [5, 5.41) is 0. The molecule has 0 aliphatic rings. The monoisotopic (exact) mass is 223 g/mol. The first-order valence-corrected chi connectivity index (χ1v) is 0. The Hall–Kier alpha value is 3.14. The molecule has 0 heterocycles. The summed E-state index contributed by atoms with van der Waals surface area (Å²) in [6.45, 7) is 0. The molecule has 0 unspecified atom stereocenters. The second kappa shape index (κ2) is 16.5. The van der Waals surface area contributed by atoms with Crippen LogP contribution in [0.4, 0.5) is 0 Å². The molecule has 4 heteroatoms. The summed E-state index contributed by atoms with van der Waals surface area (Å²) in [5.41, 5.74) is 0. The molecule has 0 aromatic carbocycles. The Labute approximate surface area is 101 Å². The zero-order chi connectivity index (χ0) is 0. The van der Waals surface area contributed by atoms with Gasteiger partial charge in [0, 0.05) is 0 Å². The Balaban J connectivity index is 0. The second-order valence-electron chi connectivity index (χ2n) is 0. The molecular formula is CdCl2K+. The van der Waals surface area contributed by atoms with E-state index in [4.69, 9.17) is 0 Å². The van der Waals surface area contributed by atoms with Crippen LogP contribution in [-0.4, -0.2) is 0 Å². The van der Waals surface area contributed by atoms with Gasteiger partial charge in [-0.05, 0) is 0 Å². The molecule has 0 fully saturated rings. The molecule has 0 radical (unpaired) electrons. The van der Waals surface area contributed by atoms with Crippen molar-refractivity contribution in [2.75, 3.05) is 0 Å². The Morgan fingerprint density at radius 3 is 0.750 bits per heavy atom. The first kappa shape index (κ1) is 27.3. The summed E-state index contributed by atoms with van der Waals surface area (Å²) in [7, 11) is 0. The van der Waals surface area contributed by atoms with Gasteiger partial charge in [0.15, 0.2) is 0 Å². The van der Waals surface area contributed by atoms with E-state index < -0.39 is 0 Å². The van der Waals surface area contributed by atoms with Crippen LogP contribution in [0.5, 0.6) is 0 Å². The quantitative estimate of drug-likeness (QED) is 0.357. The predicted octanol–water partition coefficient (Wildman–Crippen LogP) is -8.99. The summed E-state index contributed by atoms with van der Waals surface area (Å²) in [4.78, 5) is 0. The number of hydrogen-bond donors (Lipinski definition) is 0. The third-order valence-electron chi connectivity index (χ3n) is 0. The van der Waals surface area contributed by atoms with Crippen LogP contribution >= 0.6 is 0 Å². The van der Waals surface area contributed by atoms with E-state index in [0.29, 0.717) is 0 Å². The van der Waals surface area contributed by atoms with E-state index in [1.54, 1.807) is 0 Å². The van der Waals surface area contributed by atoms with Gasteiger partial charge in [0.1, 0.15) is 0 Å². The average molecular weight is 222 g/mol. The molecule has 0 nitrogen and oxygen atoms in total. The summed E-state index contributed by atoms with van der Waals surface area (Å²) in [5.74, 6) is 0. The average Bonchev–Trinajstić information content (AvgIpc) is 0. The minimum absolute atomic E-state index is 0. The summed E-state index contributed by atoms with van der Waals surface area (Å²) >= 11 is 0. The Kier molecular flexibility index (Phi) is 112. The van der Waals surface area contributed by atoms with Crippen molar-refractivity contribution in [3.8, 4) is 0 Å². The molecule has 16 valence electrons. The topological polar surface area (TPSA) is 0 Å². The van der Waals surface area contributed by atoms with Crippen LogP contribution < -0.4 is 76.2 Å². The zero-order valence-corrected chi connectivity index (χ0v) is 11.1. The second-order valence-corrected chi connectivity index (χ2v) is 0. The minimum Gasteiger partial charge on any atom is -1.00 e. The first-order valence-electron chi connectivity index (χ1n) is 0. The van der Waals surface area contributed by atoms with Gasteiger partial charge in [0.2, 0.25) is 0 Å². The number of halogens is 2. The zero-order valence-electron chi connectivity index (χ0n) is 2.46. The van der Waals surface area contributed by atoms with Gasteiger partial charge in [0.25, 0.3) is 0 Å². The maximum Gasteiger partial charge on any atom is 2.00 e. The third kappa shape index (κ3) is 8.93. The van der Waals surface area contributed by atoms with Crippen molar-refractivity contribution in [3.63, 3.8) is 0 Å². The number of rotatable bonds is 0. The van der Waals surface area contributed by atoms with Crippen LogP contribution in [0.3, 0.4) is 0 Å². The fourth-order valence-electron chi connectivity index (χ4n) is 0. The van der Waals surface area contributed by atoms with E-state index in [-0.39, 0.29) is 103 Å². The maximum atomic E-state index is 0. The molecule has 0 aliphatic carbocycles. The Morgan fingerprint density at radius 2 is 0.750 bits per heavy atom. The van der Waals surface area contributed by atoms with Crippen LogP contribution in [0.2, 0.25) is 0 Å². The van der Waals surface area contributed by atoms with Gasteiger partial charge in [0.05, 0.1) is 0 Å². The van der Waals surface area contributed by atoms with Crippen molar-refractivity contribution < 1.29 is 103 Å². The molecule has 0 spiro atoms. The van der Waals surface area contributed by atoms with E-state index in [0.717, 1.165) is 0 Å². The predicted molar refractivity (Wildman–Crippen MR) is 0 cm³/mol. The molecular weight excluding hydrogens is 222 g/mol. The molecule has 0 saturated carbocycles. The Bertz CT molecular complexity index is 6.00. The van der Waals surface area contributed by atoms with Crippen molar-refractivity contribution in [3.05, 3.63) is 0 Å². The van der Waals surface area contributed by atoms with Gasteiger partial charge in [-0.3, -0.25) is 0 Å². The number of hydrogen-bond acceptors (Lipinski definition) is 0. The van der Waals surface area contributed by atoms with E-state index in [1.807, 2.05) is 0 Å². The summed E-state index contributed by atoms with van der Waals surface area (Å²) in [6, 6.07) is 0. The third-order valence-corrected chi connectivity index (χ3v) is 0. The fourth-order valence-corrected chi connectivity index (χ4v) is 0. The molecule has 0 N–H and O–H groups in total.